The van der Waals surface area contributed by atoms with E-state index in [-0.39, 0.29) is 5.75 Å². The number of hydrogen-bond acceptors (Lipinski definition) is 3. The third-order valence-electron chi connectivity index (χ3n) is 2.44. The molecule has 0 saturated carbocycles. The van der Waals surface area contributed by atoms with Crippen LogP contribution < -0.4 is 0 Å². The lowest BCUT2D eigenvalue weighted by atomic mass is 10.2. The van der Waals surface area contributed by atoms with Gasteiger partial charge in [0.2, 0.25) is 9.05 Å². The topological polar surface area (TPSA) is 52.0 Å². The minimum Gasteiger partial charge on any atom is -0.303 e. The number of rotatable bonds is 3. The lowest BCUT2D eigenvalue weighted by molar-refractivity contribution is 0.609. The van der Waals surface area contributed by atoms with Crippen LogP contribution in [0.1, 0.15) is 11.4 Å². The van der Waals surface area contributed by atoms with Crippen molar-refractivity contribution in [3.05, 3.63) is 46.5 Å². The maximum atomic E-state index is 11.0. The Morgan fingerprint density at radius 2 is 2.17 bits per heavy atom. The van der Waals surface area contributed by atoms with E-state index in [0.29, 0.717) is 5.56 Å². The Balaban J connectivity index is 2.40. The lowest BCUT2D eigenvalue weighted by Crippen LogP contribution is -1.99. The van der Waals surface area contributed by atoms with Crippen molar-refractivity contribution in [1.82, 2.24) is 9.55 Å². The van der Waals surface area contributed by atoms with Crippen molar-refractivity contribution in [2.45, 2.75) is 12.7 Å². The number of benzene rings is 1. The van der Waals surface area contributed by atoms with Gasteiger partial charge in [0.1, 0.15) is 5.82 Å². The van der Waals surface area contributed by atoms with Gasteiger partial charge in [-0.3, -0.25) is 0 Å². The summed E-state index contributed by atoms with van der Waals surface area (Å²) in [6.07, 6.45) is 3.55. The fourth-order valence-electron chi connectivity index (χ4n) is 1.67. The van der Waals surface area contributed by atoms with Gasteiger partial charge in [-0.1, -0.05) is 6.07 Å². The van der Waals surface area contributed by atoms with Crippen molar-refractivity contribution >= 4 is 35.7 Å². The molecular formula is C11H10BrClN2O2S. The number of aromatic nitrogens is 2. The SMILES string of the molecule is Cc1nccn1-c1ccc(CS(=O)(=O)Cl)cc1Br. The Labute approximate surface area is 118 Å². The smallest absolute Gasteiger partial charge is 0.236 e. The predicted octanol–water partition coefficient (Wildman–Crippen LogP) is 3.01. The Morgan fingerprint density at radius 1 is 1.44 bits per heavy atom. The van der Waals surface area contributed by atoms with E-state index in [1.807, 2.05) is 23.8 Å². The molecule has 0 bridgehead atoms. The first-order valence-corrected chi connectivity index (χ1v) is 8.35. The van der Waals surface area contributed by atoms with Crippen LogP contribution in [0.15, 0.2) is 35.1 Å². The summed E-state index contributed by atoms with van der Waals surface area (Å²) in [5.74, 6) is 0.671. The monoisotopic (exact) mass is 348 g/mol. The molecule has 1 heterocycles. The maximum absolute atomic E-state index is 11.0. The average Bonchev–Trinajstić information content (AvgIpc) is 2.62. The highest BCUT2D eigenvalue weighted by Gasteiger charge is 2.10. The predicted molar refractivity (Wildman–Crippen MR) is 74.5 cm³/mol. The van der Waals surface area contributed by atoms with Crippen LogP contribution in [0.5, 0.6) is 0 Å². The van der Waals surface area contributed by atoms with Crippen molar-refractivity contribution in [2.24, 2.45) is 0 Å². The normalized spacial score (nSPS) is 11.7. The minimum absolute atomic E-state index is 0.184. The highest BCUT2D eigenvalue weighted by molar-refractivity contribution is 9.10. The van der Waals surface area contributed by atoms with Gasteiger partial charge in [0.05, 0.1) is 11.4 Å². The Morgan fingerprint density at radius 3 is 2.67 bits per heavy atom. The number of nitrogens with zero attached hydrogens (tertiary/aromatic N) is 2. The molecule has 0 N–H and O–H groups in total. The summed E-state index contributed by atoms with van der Waals surface area (Å²) in [6.45, 7) is 1.89. The van der Waals surface area contributed by atoms with Crippen LogP contribution in [0.2, 0.25) is 0 Å². The zero-order valence-electron chi connectivity index (χ0n) is 9.47. The van der Waals surface area contributed by atoms with E-state index >= 15 is 0 Å². The second kappa shape index (κ2) is 5.03. The van der Waals surface area contributed by atoms with Crippen molar-refractivity contribution in [3.63, 3.8) is 0 Å². The van der Waals surface area contributed by atoms with E-state index in [1.165, 1.54) is 0 Å². The number of halogens is 2. The third-order valence-corrected chi connectivity index (χ3v) is 4.08. The van der Waals surface area contributed by atoms with Crippen molar-refractivity contribution in [2.75, 3.05) is 0 Å². The standard InChI is InChI=1S/C11H10BrClN2O2S/c1-8-14-4-5-15(8)11-3-2-9(6-10(11)12)7-18(13,16)17/h2-6H,7H2,1H3. The second-order valence-corrected chi connectivity index (χ2v) is 7.44. The molecule has 2 aromatic rings. The van der Waals surface area contributed by atoms with Crippen molar-refractivity contribution < 1.29 is 8.42 Å². The van der Waals surface area contributed by atoms with E-state index in [9.17, 15) is 8.42 Å². The van der Waals surface area contributed by atoms with E-state index in [4.69, 9.17) is 10.7 Å². The zero-order chi connectivity index (χ0) is 13.3. The molecule has 0 aliphatic heterocycles. The molecule has 96 valence electrons. The average molecular weight is 350 g/mol. The largest absolute Gasteiger partial charge is 0.303 e. The lowest BCUT2D eigenvalue weighted by Gasteiger charge is -2.09. The molecule has 0 aliphatic carbocycles. The summed E-state index contributed by atoms with van der Waals surface area (Å²) in [6, 6.07) is 5.31. The van der Waals surface area contributed by atoms with Crippen molar-refractivity contribution in [3.8, 4) is 5.69 Å². The van der Waals surface area contributed by atoms with Crippen molar-refractivity contribution in [1.29, 1.82) is 0 Å². The highest BCUT2D eigenvalue weighted by Crippen LogP contribution is 2.24. The van der Waals surface area contributed by atoms with Gasteiger partial charge >= 0.3 is 0 Å². The molecule has 1 aromatic heterocycles. The van der Waals surface area contributed by atoms with Crippen LogP contribution >= 0.6 is 26.6 Å². The summed E-state index contributed by atoms with van der Waals surface area (Å²) in [4.78, 5) is 4.14. The molecule has 2 rings (SSSR count). The van der Waals surface area contributed by atoms with Gasteiger partial charge in [-0.15, -0.1) is 0 Å². The summed E-state index contributed by atoms with van der Waals surface area (Å²) in [5.41, 5.74) is 1.54. The molecular weight excluding hydrogens is 340 g/mol. The first-order valence-electron chi connectivity index (χ1n) is 5.08. The summed E-state index contributed by atoms with van der Waals surface area (Å²) in [7, 11) is 1.69. The minimum atomic E-state index is -3.54. The second-order valence-electron chi connectivity index (χ2n) is 3.81. The molecule has 18 heavy (non-hydrogen) atoms. The van der Waals surface area contributed by atoms with Crippen LogP contribution in [0.3, 0.4) is 0 Å². The molecule has 4 nitrogen and oxygen atoms in total. The number of aryl methyl sites for hydroxylation is 1. The third kappa shape index (κ3) is 3.13. The molecule has 0 aliphatic rings. The maximum Gasteiger partial charge on any atom is 0.236 e. The summed E-state index contributed by atoms with van der Waals surface area (Å²) < 4.78 is 24.7. The fourth-order valence-corrected chi connectivity index (χ4v) is 3.24. The van der Waals surface area contributed by atoms with Gasteiger partial charge in [0, 0.05) is 27.5 Å². The van der Waals surface area contributed by atoms with Gasteiger partial charge in [-0.2, -0.15) is 0 Å². The first-order chi connectivity index (χ1) is 8.37. The molecule has 0 unspecified atom stereocenters. The van der Waals surface area contributed by atoms with Gasteiger partial charge in [0.25, 0.3) is 0 Å². The summed E-state index contributed by atoms with van der Waals surface area (Å²) in [5, 5.41) is 0. The molecule has 0 atom stereocenters. The van der Waals surface area contributed by atoms with E-state index in [2.05, 4.69) is 20.9 Å². The zero-order valence-corrected chi connectivity index (χ0v) is 12.6. The van der Waals surface area contributed by atoms with Crippen LogP contribution in [-0.4, -0.2) is 18.0 Å². The Hall–Kier alpha value is -0.850. The van der Waals surface area contributed by atoms with Crippen LogP contribution in [0.4, 0.5) is 0 Å². The van der Waals surface area contributed by atoms with Crippen LogP contribution in [0.25, 0.3) is 5.69 Å². The Kier molecular flexibility index (Phi) is 3.79. The molecule has 0 spiro atoms. The van der Waals surface area contributed by atoms with Gasteiger partial charge < -0.3 is 4.57 Å². The first kappa shape index (κ1) is 13.6. The number of imidazole rings is 1. The van der Waals surface area contributed by atoms with E-state index < -0.39 is 9.05 Å². The quantitative estimate of drug-likeness (QED) is 0.800. The summed E-state index contributed by atoms with van der Waals surface area (Å²) >= 11 is 3.42. The molecule has 7 heteroatoms. The molecule has 0 amide bonds. The van der Waals surface area contributed by atoms with E-state index in [0.717, 1.165) is 16.0 Å². The van der Waals surface area contributed by atoms with Gasteiger partial charge in [0.15, 0.2) is 0 Å². The molecule has 0 saturated heterocycles. The fraction of sp³-hybridized carbons (Fsp3) is 0.182. The molecule has 1 aromatic carbocycles. The van der Waals surface area contributed by atoms with Gasteiger partial charge in [-0.25, -0.2) is 13.4 Å². The van der Waals surface area contributed by atoms with Gasteiger partial charge in [-0.05, 0) is 40.5 Å². The Bertz CT molecular complexity index is 682. The highest BCUT2D eigenvalue weighted by atomic mass is 79.9. The van der Waals surface area contributed by atoms with Crippen LogP contribution in [-0.2, 0) is 14.8 Å². The molecule has 0 fully saturated rings. The van der Waals surface area contributed by atoms with Crippen LogP contribution in [0, 0.1) is 6.92 Å². The number of hydrogen-bond donors (Lipinski definition) is 0. The molecule has 0 radical (unpaired) electrons. The van der Waals surface area contributed by atoms with E-state index in [1.54, 1.807) is 18.3 Å².